The summed E-state index contributed by atoms with van der Waals surface area (Å²) in [5.74, 6) is 0.690. The Balaban J connectivity index is 1.92. The lowest BCUT2D eigenvalue weighted by Gasteiger charge is -2.24. The highest BCUT2D eigenvalue weighted by atomic mass is 79.9. The summed E-state index contributed by atoms with van der Waals surface area (Å²) in [6.45, 7) is 8.15. The first-order chi connectivity index (χ1) is 17.3. The third-order valence-corrected chi connectivity index (χ3v) is 7.32. The molecule has 1 atom stereocenters. The molecule has 0 bridgehead atoms. The number of carbonyl (C=O) groups excluding carboxylic acids is 1. The van der Waals surface area contributed by atoms with E-state index in [2.05, 4.69) is 20.9 Å². The van der Waals surface area contributed by atoms with Crippen molar-refractivity contribution in [2.24, 2.45) is 4.99 Å². The van der Waals surface area contributed by atoms with Crippen LogP contribution in [0.5, 0.6) is 11.5 Å². The Labute approximate surface area is 221 Å². The molecule has 0 fully saturated rings. The summed E-state index contributed by atoms with van der Waals surface area (Å²) in [5, 5.41) is 0. The van der Waals surface area contributed by atoms with E-state index >= 15 is 0 Å². The number of hydrogen-bond acceptors (Lipinski definition) is 7. The first kappa shape index (κ1) is 25.9. The molecular weight excluding hydrogens is 544 g/mol. The highest BCUT2D eigenvalue weighted by molar-refractivity contribution is 9.10. The van der Waals surface area contributed by atoms with Gasteiger partial charge in [-0.3, -0.25) is 9.36 Å². The van der Waals surface area contributed by atoms with Gasteiger partial charge in [-0.05, 0) is 73.0 Å². The molecule has 0 N–H and O–H groups in total. The molecule has 7 nitrogen and oxygen atoms in total. The Bertz CT molecular complexity index is 1520. The summed E-state index contributed by atoms with van der Waals surface area (Å²) < 4.78 is 19.3. The number of rotatable bonds is 7. The van der Waals surface area contributed by atoms with Crippen LogP contribution in [0.4, 0.5) is 0 Å². The van der Waals surface area contributed by atoms with Gasteiger partial charge in [0.15, 0.2) is 16.3 Å². The lowest BCUT2D eigenvalue weighted by atomic mass is 9.95. The van der Waals surface area contributed by atoms with Crippen LogP contribution in [0.3, 0.4) is 0 Å². The molecule has 188 valence electrons. The van der Waals surface area contributed by atoms with Crippen molar-refractivity contribution in [3.63, 3.8) is 0 Å². The van der Waals surface area contributed by atoms with Crippen molar-refractivity contribution in [1.29, 1.82) is 0 Å². The molecule has 4 rings (SSSR count). The zero-order chi connectivity index (χ0) is 26.0. The van der Waals surface area contributed by atoms with Crippen molar-refractivity contribution in [2.75, 3.05) is 20.3 Å². The number of aromatic nitrogens is 1. The minimum absolute atomic E-state index is 0.231. The minimum atomic E-state index is -0.635. The zero-order valence-corrected chi connectivity index (χ0v) is 23.2. The lowest BCUT2D eigenvalue weighted by molar-refractivity contribution is -0.139. The highest BCUT2D eigenvalue weighted by Gasteiger charge is 2.33. The second-order valence-corrected chi connectivity index (χ2v) is 10.0. The minimum Gasteiger partial charge on any atom is -0.493 e. The Kier molecular flexibility index (Phi) is 7.80. The number of allylic oxidation sites excluding steroid dienone is 1. The molecule has 0 spiro atoms. The van der Waals surface area contributed by atoms with Gasteiger partial charge in [-0.25, -0.2) is 9.79 Å². The number of methoxy groups -OCH3 is 1. The Morgan fingerprint density at radius 3 is 2.53 bits per heavy atom. The Morgan fingerprint density at radius 2 is 1.89 bits per heavy atom. The molecule has 0 saturated carbocycles. The molecule has 0 amide bonds. The summed E-state index contributed by atoms with van der Waals surface area (Å²) in [6, 6.07) is 10.9. The van der Waals surface area contributed by atoms with E-state index < -0.39 is 12.0 Å². The molecule has 0 saturated heterocycles. The number of hydrogen-bond donors (Lipinski definition) is 0. The van der Waals surface area contributed by atoms with Gasteiger partial charge in [0.25, 0.3) is 5.56 Å². The average Bonchev–Trinajstić information content (AvgIpc) is 3.14. The maximum atomic E-state index is 13.7. The normalized spacial score (nSPS) is 15.4. The molecule has 1 aromatic heterocycles. The number of esters is 1. The van der Waals surface area contributed by atoms with E-state index in [1.165, 1.54) is 11.3 Å². The Hall–Kier alpha value is -3.17. The van der Waals surface area contributed by atoms with Crippen LogP contribution in [0.25, 0.3) is 6.08 Å². The first-order valence-electron chi connectivity index (χ1n) is 11.6. The number of fused-ring (bicyclic) bond motifs is 1. The summed E-state index contributed by atoms with van der Waals surface area (Å²) >= 11 is 4.82. The molecule has 1 aliphatic rings. The van der Waals surface area contributed by atoms with Crippen molar-refractivity contribution < 1.29 is 19.0 Å². The summed E-state index contributed by atoms with van der Waals surface area (Å²) in [4.78, 5) is 31.9. The van der Waals surface area contributed by atoms with E-state index in [1.54, 1.807) is 31.6 Å². The van der Waals surface area contributed by atoms with Crippen LogP contribution in [0.1, 0.15) is 43.5 Å². The van der Waals surface area contributed by atoms with E-state index in [0.29, 0.717) is 38.7 Å². The molecule has 2 heterocycles. The van der Waals surface area contributed by atoms with Gasteiger partial charge >= 0.3 is 5.97 Å². The van der Waals surface area contributed by atoms with Crippen molar-refractivity contribution in [3.8, 4) is 11.5 Å². The number of thiazole rings is 1. The fraction of sp³-hybridized carbons (Fsp3) is 0.296. The number of benzene rings is 2. The molecule has 2 aromatic carbocycles. The molecule has 1 aliphatic heterocycles. The number of nitrogens with zero attached hydrogens (tertiary/aromatic N) is 2. The van der Waals surface area contributed by atoms with Crippen LogP contribution in [-0.2, 0) is 9.53 Å². The zero-order valence-electron chi connectivity index (χ0n) is 20.8. The number of halogens is 1. The predicted octanol–water partition coefficient (Wildman–Crippen LogP) is 4.28. The van der Waals surface area contributed by atoms with Gasteiger partial charge in [0.2, 0.25) is 0 Å². The van der Waals surface area contributed by atoms with Crippen molar-refractivity contribution >= 4 is 39.3 Å². The van der Waals surface area contributed by atoms with E-state index in [4.69, 9.17) is 14.2 Å². The Morgan fingerprint density at radius 1 is 1.17 bits per heavy atom. The van der Waals surface area contributed by atoms with Gasteiger partial charge < -0.3 is 14.2 Å². The smallest absolute Gasteiger partial charge is 0.338 e. The third-order valence-electron chi connectivity index (χ3n) is 5.75. The monoisotopic (exact) mass is 570 g/mol. The molecule has 0 radical (unpaired) electrons. The summed E-state index contributed by atoms with van der Waals surface area (Å²) in [5.41, 5.74) is 3.33. The van der Waals surface area contributed by atoms with Crippen molar-refractivity contribution in [1.82, 2.24) is 4.57 Å². The van der Waals surface area contributed by atoms with E-state index in [9.17, 15) is 9.59 Å². The molecule has 3 aromatic rings. The third kappa shape index (κ3) is 4.90. The summed E-state index contributed by atoms with van der Waals surface area (Å²) in [6.07, 6.45) is 1.79. The second-order valence-electron chi connectivity index (χ2n) is 8.18. The van der Waals surface area contributed by atoms with Crippen LogP contribution in [0.15, 0.2) is 61.9 Å². The maximum Gasteiger partial charge on any atom is 0.338 e. The van der Waals surface area contributed by atoms with Gasteiger partial charge in [0.1, 0.15) is 0 Å². The standard InChI is InChI=1S/C27H27BrN2O5S/c1-6-34-24-19(28)12-17(13-20(24)33-5)14-21-25(31)30-23(18-10-8-15(3)9-11-18)22(26(32)35-7-2)16(4)29-27(30)36-21/h8-14,23H,6-7H2,1-5H3. The van der Waals surface area contributed by atoms with Gasteiger partial charge in [-0.15, -0.1) is 0 Å². The summed E-state index contributed by atoms with van der Waals surface area (Å²) in [7, 11) is 1.57. The van der Waals surface area contributed by atoms with E-state index in [1.807, 2.05) is 50.2 Å². The number of ether oxygens (including phenoxy) is 3. The fourth-order valence-corrected chi connectivity index (χ4v) is 5.74. The number of carbonyl (C=O) groups is 1. The topological polar surface area (TPSA) is 79.1 Å². The van der Waals surface area contributed by atoms with Crippen LogP contribution in [0.2, 0.25) is 0 Å². The number of aryl methyl sites for hydroxylation is 1. The quantitative estimate of drug-likeness (QED) is 0.396. The molecule has 1 unspecified atom stereocenters. The predicted molar refractivity (Wildman–Crippen MR) is 143 cm³/mol. The van der Waals surface area contributed by atoms with Gasteiger partial charge in [-0.2, -0.15) is 0 Å². The molecular formula is C27H27BrN2O5S. The van der Waals surface area contributed by atoms with Gasteiger partial charge in [0.05, 0.1) is 46.6 Å². The van der Waals surface area contributed by atoms with Crippen LogP contribution in [0, 0.1) is 6.92 Å². The molecule has 9 heteroatoms. The van der Waals surface area contributed by atoms with Crippen LogP contribution >= 0.6 is 27.3 Å². The maximum absolute atomic E-state index is 13.7. The van der Waals surface area contributed by atoms with Gasteiger partial charge in [0, 0.05) is 0 Å². The average molecular weight is 571 g/mol. The fourth-order valence-electron chi connectivity index (χ4n) is 4.11. The highest BCUT2D eigenvalue weighted by Crippen LogP contribution is 2.37. The second kappa shape index (κ2) is 10.8. The molecule has 36 heavy (non-hydrogen) atoms. The first-order valence-corrected chi connectivity index (χ1v) is 13.2. The largest absolute Gasteiger partial charge is 0.493 e. The van der Waals surface area contributed by atoms with E-state index in [0.717, 1.165) is 21.2 Å². The SMILES string of the molecule is CCOC(=O)C1=C(C)N=c2sc(=Cc3cc(Br)c(OCC)c(OC)c3)c(=O)n2C1c1ccc(C)cc1. The van der Waals surface area contributed by atoms with Crippen molar-refractivity contribution in [2.45, 2.75) is 33.7 Å². The van der Waals surface area contributed by atoms with Crippen molar-refractivity contribution in [3.05, 3.63) is 88.5 Å². The van der Waals surface area contributed by atoms with Crippen LogP contribution in [-0.4, -0.2) is 30.9 Å². The molecule has 0 aliphatic carbocycles. The van der Waals surface area contributed by atoms with Gasteiger partial charge in [-0.1, -0.05) is 41.2 Å². The van der Waals surface area contributed by atoms with E-state index in [-0.39, 0.29) is 12.2 Å². The van der Waals surface area contributed by atoms with Crippen LogP contribution < -0.4 is 24.4 Å². The lowest BCUT2D eigenvalue weighted by Crippen LogP contribution is -2.39.